The van der Waals surface area contributed by atoms with Gasteiger partial charge in [-0.1, -0.05) is 31.5 Å². The molecule has 1 aliphatic heterocycles. The molecule has 1 fully saturated rings. The van der Waals surface area contributed by atoms with Crippen molar-refractivity contribution >= 4 is 15.9 Å². The molecule has 25 heavy (non-hydrogen) atoms. The summed E-state index contributed by atoms with van der Waals surface area (Å²) < 4.78 is 27.2. The Kier molecular flexibility index (Phi) is 6.63. The number of carbonyl (C=O) groups excluding carboxylic acids is 1. The molecule has 0 saturated carbocycles. The predicted molar refractivity (Wildman–Crippen MR) is 99.8 cm³/mol. The number of nitrogens with zero attached hydrogens (tertiary/aromatic N) is 1. The summed E-state index contributed by atoms with van der Waals surface area (Å²) in [6.45, 7) is 8.60. The fourth-order valence-electron chi connectivity index (χ4n) is 3.13. The van der Waals surface area contributed by atoms with Crippen LogP contribution in [0.4, 0.5) is 0 Å². The summed E-state index contributed by atoms with van der Waals surface area (Å²) in [6, 6.07) is 6.25. The van der Waals surface area contributed by atoms with Crippen molar-refractivity contribution in [2.75, 3.05) is 6.54 Å². The summed E-state index contributed by atoms with van der Waals surface area (Å²) in [4.78, 5) is 12.9. The Labute approximate surface area is 151 Å². The molecule has 0 unspecified atom stereocenters. The van der Waals surface area contributed by atoms with Gasteiger partial charge in [0.25, 0.3) is 0 Å². The lowest BCUT2D eigenvalue weighted by Crippen LogP contribution is -2.48. The first-order valence-electron chi connectivity index (χ1n) is 9.10. The Morgan fingerprint density at radius 3 is 2.44 bits per heavy atom. The molecule has 140 valence electrons. The van der Waals surface area contributed by atoms with Gasteiger partial charge in [-0.3, -0.25) is 4.79 Å². The maximum absolute atomic E-state index is 12.9. The van der Waals surface area contributed by atoms with Gasteiger partial charge < -0.3 is 5.32 Å². The number of amides is 1. The molecule has 0 aromatic heterocycles. The molecular weight excluding hydrogens is 336 g/mol. The van der Waals surface area contributed by atoms with Crippen LogP contribution in [0.3, 0.4) is 0 Å². The Bertz CT molecular complexity index is 683. The van der Waals surface area contributed by atoms with Crippen molar-refractivity contribution in [3.8, 4) is 0 Å². The van der Waals surface area contributed by atoms with E-state index in [1.807, 2.05) is 13.8 Å². The lowest BCUT2D eigenvalue weighted by atomic mass is 10.0. The van der Waals surface area contributed by atoms with E-state index >= 15 is 0 Å². The molecule has 2 atom stereocenters. The second kappa shape index (κ2) is 8.32. The molecule has 1 aromatic rings. The second-order valence-corrected chi connectivity index (χ2v) is 9.36. The summed E-state index contributed by atoms with van der Waals surface area (Å²) >= 11 is 0. The minimum absolute atomic E-state index is 0.0550. The average molecular weight is 367 g/mol. The van der Waals surface area contributed by atoms with Gasteiger partial charge in [-0.05, 0) is 57.6 Å². The van der Waals surface area contributed by atoms with Crippen LogP contribution in [-0.4, -0.2) is 37.3 Å². The molecule has 1 aliphatic rings. The van der Waals surface area contributed by atoms with Crippen molar-refractivity contribution < 1.29 is 13.2 Å². The highest BCUT2D eigenvalue weighted by Gasteiger charge is 2.39. The van der Waals surface area contributed by atoms with E-state index in [4.69, 9.17) is 0 Å². The Hall–Kier alpha value is -1.40. The van der Waals surface area contributed by atoms with Gasteiger partial charge in [0.1, 0.15) is 6.04 Å². The number of hydrogen-bond acceptors (Lipinski definition) is 3. The largest absolute Gasteiger partial charge is 0.352 e. The lowest BCUT2D eigenvalue weighted by Gasteiger charge is -2.25. The van der Waals surface area contributed by atoms with Crippen molar-refractivity contribution in [2.45, 2.75) is 70.4 Å². The van der Waals surface area contributed by atoms with Gasteiger partial charge in [-0.15, -0.1) is 0 Å². The minimum Gasteiger partial charge on any atom is -0.352 e. The van der Waals surface area contributed by atoms with Gasteiger partial charge in [-0.2, -0.15) is 4.31 Å². The quantitative estimate of drug-likeness (QED) is 0.806. The van der Waals surface area contributed by atoms with Gasteiger partial charge in [0.05, 0.1) is 4.90 Å². The van der Waals surface area contributed by atoms with Crippen LogP contribution in [0.2, 0.25) is 0 Å². The molecule has 1 amide bonds. The van der Waals surface area contributed by atoms with Crippen LogP contribution in [0.1, 0.15) is 52.0 Å². The van der Waals surface area contributed by atoms with E-state index in [9.17, 15) is 13.2 Å². The third-order valence-electron chi connectivity index (χ3n) is 4.70. The normalized spacial score (nSPS) is 20.0. The highest BCUT2D eigenvalue weighted by atomic mass is 32.2. The van der Waals surface area contributed by atoms with Crippen LogP contribution in [0.15, 0.2) is 29.2 Å². The standard InChI is InChI=1S/C19H30N2O3S/c1-14(2)7-10-16(4)20-19(22)18-6-5-13-21(18)25(23,24)17-11-8-15(3)9-12-17/h8-9,11-12,14,16,18H,5-7,10,13H2,1-4H3,(H,20,22)/t16-,18-/m0/s1. The predicted octanol–water partition coefficient (Wildman–Crippen LogP) is 3.09. The third kappa shape index (κ3) is 5.05. The Morgan fingerprint density at radius 2 is 1.84 bits per heavy atom. The van der Waals surface area contributed by atoms with Crippen molar-refractivity contribution in [1.29, 1.82) is 0 Å². The molecule has 0 bridgehead atoms. The number of aryl methyl sites for hydroxylation is 1. The Balaban J connectivity index is 2.08. The number of rotatable bonds is 7. The molecule has 1 N–H and O–H groups in total. The fraction of sp³-hybridized carbons (Fsp3) is 0.632. The summed E-state index contributed by atoms with van der Waals surface area (Å²) in [6.07, 6.45) is 3.23. The first-order valence-corrected chi connectivity index (χ1v) is 10.5. The zero-order valence-corrected chi connectivity index (χ0v) is 16.5. The van der Waals surface area contributed by atoms with Crippen molar-refractivity contribution in [2.24, 2.45) is 5.92 Å². The van der Waals surface area contributed by atoms with Crippen LogP contribution in [0.5, 0.6) is 0 Å². The highest BCUT2D eigenvalue weighted by Crippen LogP contribution is 2.26. The van der Waals surface area contributed by atoms with Crippen LogP contribution in [-0.2, 0) is 14.8 Å². The van der Waals surface area contributed by atoms with Gasteiger partial charge in [0, 0.05) is 12.6 Å². The first-order chi connectivity index (χ1) is 11.7. The Morgan fingerprint density at radius 1 is 1.20 bits per heavy atom. The fourth-order valence-corrected chi connectivity index (χ4v) is 4.79. The van der Waals surface area contributed by atoms with Gasteiger partial charge in [0.2, 0.25) is 15.9 Å². The number of carbonyl (C=O) groups is 1. The zero-order chi connectivity index (χ0) is 18.6. The van der Waals surface area contributed by atoms with Crippen LogP contribution >= 0.6 is 0 Å². The molecule has 0 radical (unpaired) electrons. The molecule has 2 rings (SSSR count). The van der Waals surface area contributed by atoms with E-state index in [-0.39, 0.29) is 16.8 Å². The second-order valence-electron chi connectivity index (χ2n) is 7.47. The van der Waals surface area contributed by atoms with E-state index in [1.165, 1.54) is 4.31 Å². The minimum atomic E-state index is -3.64. The number of sulfonamides is 1. The average Bonchev–Trinajstić information content (AvgIpc) is 3.04. The topological polar surface area (TPSA) is 66.5 Å². The van der Waals surface area contributed by atoms with Crippen molar-refractivity contribution in [3.05, 3.63) is 29.8 Å². The molecule has 0 aliphatic carbocycles. The molecule has 1 saturated heterocycles. The summed E-state index contributed by atoms with van der Waals surface area (Å²) in [7, 11) is -3.64. The van der Waals surface area contributed by atoms with Crippen LogP contribution in [0, 0.1) is 12.8 Å². The molecule has 1 heterocycles. The third-order valence-corrected chi connectivity index (χ3v) is 6.62. The molecule has 0 spiro atoms. The maximum Gasteiger partial charge on any atom is 0.243 e. The van der Waals surface area contributed by atoms with Gasteiger partial charge >= 0.3 is 0 Å². The van der Waals surface area contributed by atoms with Gasteiger partial charge in [-0.25, -0.2) is 8.42 Å². The van der Waals surface area contributed by atoms with E-state index in [1.54, 1.807) is 24.3 Å². The van der Waals surface area contributed by atoms with Gasteiger partial charge in [0.15, 0.2) is 0 Å². The lowest BCUT2D eigenvalue weighted by molar-refractivity contribution is -0.124. The zero-order valence-electron chi connectivity index (χ0n) is 15.7. The van der Waals surface area contributed by atoms with E-state index in [2.05, 4.69) is 19.2 Å². The highest BCUT2D eigenvalue weighted by molar-refractivity contribution is 7.89. The first kappa shape index (κ1) is 19.9. The SMILES string of the molecule is Cc1ccc(S(=O)(=O)N2CCC[C@H]2C(=O)N[C@@H](C)CCC(C)C)cc1. The maximum atomic E-state index is 12.9. The van der Waals surface area contributed by atoms with Crippen molar-refractivity contribution in [3.63, 3.8) is 0 Å². The summed E-state index contributed by atoms with van der Waals surface area (Å²) in [5.74, 6) is 0.411. The van der Waals surface area contributed by atoms with E-state index < -0.39 is 16.1 Å². The molecule has 5 nitrogen and oxygen atoms in total. The summed E-state index contributed by atoms with van der Waals surface area (Å²) in [5.41, 5.74) is 1.01. The number of nitrogens with one attached hydrogen (secondary N) is 1. The van der Waals surface area contributed by atoms with E-state index in [0.717, 1.165) is 18.4 Å². The van der Waals surface area contributed by atoms with Crippen LogP contribution < -0.4 is 5.32 Å². The number of hydrogen-bond donors (Lipinski definition) is 1. The molecule has 1 aromatic carbocycles. The molecular formula is C19H30N2O3S. The van der Waals surface area contributed by atoms with Crippen molar-refractivity contribution in [1.82, 2.24) is 9.62 Å². The monoisotopic (exact) mass is 366 g/mol. The summed E-state index contributed by atoms with van der Waals surface area (Å²) in [5, 5.41) is 2.99. The number of benzene rings is 1. The van der Waals surface area contributed by atoms with E-state index in [0.29, 0.717) is 25.3 Å². The van der Waals surface area contributed by atoms with Crippen LogP contribution in [0.25, 0.3) is 0 Å². The smallest absolute Gasteiger partial charge is 0.243 e. The molecule has 6 heteroatoms.